The molecule has 18 heteroatoms. The Balaban J connectivity index is 1.12. The summed E-state index contributed by atoms with van der Waals surface area (Å²) in [6, 6.07) is 46.7. The minimum atomic E-state index is -3.37. The van der Waals surface area contributed by atoms with Gasteiger partial charge in [-0.3, -0.25) is 14.6 Å². The summed E-state index contributed by atoms with van der Waals surface area (Å²) >= 11 is 1.50. The van der Waals surface area contributed by atoms with Crippen molar-refractivity contribution in [1.82, 2.24) is 10.3 Å². The molecule has 5 aromatic carbocycles. The number of carbonyl (C=O) groups excluding carboxylic acids is 2. The highest BCUT2D eigenvalue weighted by Gasteiger charge is 2.58. The Morgan fingerprint density at radius 1 is 0.772 bits per heavy atom. The lowest BCUT2D eigenvalue weighted by molar-refractivity contribution is -0.355. The molecule has 0 bridgehead atoms. The number of pyridine rings is 1. The molecule has 9 rings (SSSR count). The number of thioether (sulfide) groups is 1. The van der Waals surface area contributed by atoms with Crippen LogP contribution in [0.1, 0.15) is 76.2 Å². The van der Waals surface area contributed by atoms with Gasteiger partial charge in [-0.05, 0) is 57.7 Å². The Morgan fingerprint density at radius 2 is 1.38 bits per heavy atom. The van der Waals surface area contributed by atoms with E-state index in [1.165, 1.54) is 11.8 Å². The van der Waals surface area contributed by atoms with Crippen LogP contribution < -0.4 is 21.4 Å². The van der Waals surface area contributed by atoms with Gasteiger partial charge in [0.2, 0.25) is 0 Å². The van der Waals surface area contributed by atoms with Gasteiger partial charge in [0.05, 0.1) is 24.8 Å². The van der Waals surface area contributed by atoms with Gasteiger partial charge in [-0.25, -0.2) is 0 Å². The Labute approximate surface area is 467 Å². The van der Waals surface area contributed by atoms with Gasteiger partial charge in [0, 0.05) is 59.3 Å². The lowest BCUT2D eigenvalue weighted by atomic mass is 9.80. The molecule has 1 amide bonds. The lowest BCUT2D eigenvalue weighted by Crippen LogP contribution is -2.69. The van der Waals surface area contributed by atoms with Gasteiger partial charge < -0.3 is 64.3 Å². The van der Waals surface area contributed by atoms with Crippen LogP contribution >= 0.6 is 11.8 Å². The first-order valence-corrected chi connectivity index (χ1v) is 29.8. The molecule has 3 fully saturated rings. The number of aromatic nitrogens is 1. The minimum absolute atomic E-state index is 0.0411. The number of para-hydroxylation sites is 1. The number of aliphatic hydroxyl groups excluding tert-OH is 2. The van der Waals surface area contributed by atoms with E-state index in [4.69, 9.17) is 43.6 Å². The van der Waals surface area contributed by atoms with Crippen molar-refractivity contribution in [2.24, 2.45) is 11.7 Å². The van der Waals surface area contributed by atoms with Crippen LogP contribution in [0.15, 0.2) is 163 Å². The summed E-state index contributed by atoms with van der Waals surface area (Å²) in [5, 5.41) is 54.7. The summed E-state index contributed by atoms with van der Waals surface area (Å²) in [6.07, 6.45) is -9.45. The molecule has 16 nitrogen and oxygen atoms in total. The predicted octanol–water partition coefficient (Wildman–Crippen LogP) is 6.30. The first-order valence-electron chi connectivity index (χ1n) is 27.0. The van der Waals surface area contributed by atoms with Crippen LogP contribution in [0, 0.1) is 5.92 Å². The predicted molar refractivity (Wildman–Crippen MR) is 301 cm³/mol. The van der Waals surface area contributed by atoms with Gasteiger partial charge in [-0.15, -0.1) is 0 Å². The number of nitrogens with one attached hydrogen (secondary N) is 1. The summed E-state index contributed by atoms with van der Waals surface area (Å²) in [5.41, 5.74) is 2.85. The molecule has 4 heterocycles. The number of rotatable bonds is 19. The van der Waals surface area contributed by atoms with Gasteiger partial charge >= 0.3 is 5.97 Å². The third-order valence-electron chi connectivity index (χ3n) is 14.9. The second-order valence-corrected chi connectivity index (χ2v) is 27.8. The molecule has 0 radical (unpaired) electrons. The molecule has 0 spiro atoms. The first-order chi connectivity index (χ1) is 37.8. The van der Waals surface area contributed by atoms with E-state index in [2.05, 4.69) is 50.4 Å². The molecule has 420 valence electrons. The fourth-order valence-electron chi connectivity index (χ4n) is 10.9. The zero-order chi connectivity index (χ0) is 56.0. The summed E-state index contributed by atoms with van der Waals surface area (Å²) in [6.45, 7) is 9.24. The van der Waals surface area contributed by atoms with E-state index < -0.39 is 110 Å². The number of fused-ring (bicyclic) bond motifs is 1. The summed E-state index contributed by atoms with van der Waals surface area (Å²) in [4.78, 5) is 32.6. The summed E-state index contributed by atoms with van der Waals surface area (Å²) in [7, 11) is -3.37. The number of nitrogens with two attached hydrogens (primary N) is 1. The fourth-order valence-corrected chi connectivity index (χ4v) is 16.6. The largest absolute Gasteiger partial charge is 0.463 e. The van der Waals surface area contributed by atoms with Crippen LogP contribution in [0.5, 0.6) is 0 Å². The normalized spacial score (nSPS) is 28.5. The van der Waals surface area contributed by atoms with Crippen LogP contribution in [0.4, 0.5) is 0 Å². The molecule has 0 saturated carbocycles. The number of esters is 1. The van der Waals surface area contributed by atoms with Crippen molar-refractivity contribution >= 4 is 53.2 Å². The maximum Gasteiger partial charge on any atom is 0.306 e. The molecular weight excluding hydrogens is 1040 g/mol. The number of ether oxygens (including phenoxy) is 6. The highest BCUT2D eigenvalue weighted by molar-refractivity contribution is 7.99. The van der Waals surface area contributed by atoms with Crippen LogP contribution in [0.2, 0.25) is 5.04 Å². The van der Waals surface area contributed by atoms with E-state index in [1.807, 2.05) is 111 Å². The number of aliphatic hydroxyl groups is 4. The average Bonchev–Trinajstić information content (AvgIpc) is 3.47. The van der Waals surface area contributed by atoms with Crippen molar-refractivity contribution in [3.8, 4) is 0 Å². The highest BCUT2D eigenvalue weighted by Crippen LogP contribution is 2.45. The highest BCUT2D eigenvalue weighted by atomic mass is 32.2. The molecule has 3 aliphatic rings. The lowest BCUT2D eigenvalue weighted by Gasteiger charge is -2.51. The number of benzene rings is 5. The Morgan fingerprint density at radius 3 is 2.03 bits per heavy atom. The van der Waals surface area contributed by atoms with Crippen LogP contribution in [0.25, 0.3) is 10.9 Å². The van der Waals surface area contributed by atoms with E-state index >= 15 is 0 Å². The topological polar surface area (TPSA) is 231 Å². The van der Waals surface area contributed by atoms with Crippen molar-refractivity contribution in [2.45, 2.75) is 142 Å². The standard InChI is InChI=1S/C61H73N3O13SSi/c1-39(2)30-51(65)71-37-49-56(67)61(70,64-58(68)40-20-10-6-11-21-40)34-53(74-49)77-57-50(38-73-79(59(3,4)5,44-25-14-8-15-26-44)45-27-16-9-17-28-45)75-52(33-60(57,69)42-31-41-22-18-19-29-47(41)63-35-42)72-36-48-55(66)46(62)32-54(76-48)78-43-23-12-7-13-24-43/h6-29,31,35,39,46,48-50,52-57,66-67,69-70H,30,32-34,36-38,62H2,1-5H3,(H,64,68)/t46-,48-,49-,50-,52+,53-,54-,55-,56+,57+,60+,61-/m1/s1. The van der Waals surface area contributed by atoms with Gasteiger partial charge in [0.1, 0.15) is 48.2 Å². The number of amides is 1. The second-order valence-electron chi connectivity index (χ2n) is 22.2. The Hall–Kier alpha value is -5.42. The van der Waals surface area contributed by atoms with Crippen molar-refractivity contribution in [3.63, 3.8) is 0 Å². The minimum Gasteiger partial charge on any atom is -0.463 e. The number of hydrogen-bond acceptors (Lipinski definition) is 16. The smallest absolute Gasteiger partial charge is 0.306 e. The second kappa shape index (κ2) is 25.2. The molecule has 0 unspecified atom stereocenters. The molecule has 1 aromatic heterocycles. The van der Waals surface area contributed by atoms with Gasteiger partial charge in [0.25, 0.3) is 14.2 Å². The van der Waals surface area contributed by atoms with Crippen molar-refractivity contribution in [2.75, 3.05) is 19.8 Å². The summed E-state index contributed by atoms with van der Waals surface area (Å²) < 4.78 is 46.9. The molecule has 6 aromatic rings. The van der Waals surface area contributed by atoms with Crippen LogP contribution in [-0.2, 0) is 43.2 Å². The molecular formula is C61H73N3O13SSi. The van der Waals surface area contributed by atoms with E-state index in [0.717, 1.165) is 15.3 Å². The number of hydrogen-bond donors (Lipinski definition) is 6. The number of nitrogens with zero attached hydrogens (tertiary/aromatic N) is 1. The molecule has 79 heavy (non-hydrogen) atoms. The van der Waals surface area contributed by atoms with Gasteiger partial charge in [-0.1, -0.05) is 162 Å². The van der Waals surface area contributed by atoms with E-state index in [1.54, 1.807) is 36.5 Å². The molecule has 0 aliphatic carbocycles. The van der Waals surface area contributed by atoms with Crippen molar-refractivity contribution < 1.29 is 62.9 Å². The quantitative estimate of drug-likeness (QED) is 0.0297. The maximum atomic E-state index is 13.9. The van der Waals surface area contributed by atoms with E-state index in [-0.39, 0.29) is 37.5 Å². The third kappa shape index (κ3) is 13.3. The zero-order valence-corrected chi connectivity index (χ0v) is 47.0. The van der Waals surface area contributed by atoms with Gasteiger partial charge in [0.15, 0.2) is 18.3 Å². The fraction of sp³-hybridized carbons (Fsp3) is 0.426. The van der Waals surface area contributed by atoms with E-state index in [0.29, 0.717) is 22.9 Å². The Kier molecular flexibility index (Phi) is 18.5. The zero-order valence-electron chi connectivity index (χ0n) is 45.2. The third-order valence-corrected chi connectivity index (χ3v) is 21.1. The van der Waals surface area contributed by atoms with Crippen molar-refractivity contribution in [3.05, 3.63) is 169 Å². The monoisotopic (exact) mass is 1120 g/mol. The first kappa shape index (κ1) is 58.2. The van der Waals surface area contributed by atoms with Gasteiger partial charge in [-0.2, -0.15) is 0 Å². The SMILES string of the molecule is CC(C)CC(=O)OC[C@H]1O[C@H](O[C@H]2[C@@H](CO[Si](c3ccccc3)(c3ccccc3)C(C)(C)C)O[C@H](OC[C@H]3O[C@H](Sc4ccccc4)C[C@@H](N)[C@H]3O)C[C@]2(O)c2cnc3ccccc3c2)C[C@](O)(NC(=O)c2ccccc2)[C@H]1O. The van der Waals surface area contributed by atoms with Crippen molar-refractivity contribution in [1.29, 1.82) is 0 Å². The Bertz CT molecular complexity index is 2910. The van der Waals surface area contributed by atoms with Crippen LogP contribution in [0.3, 0.4) is 0 Å². The number of carbonyl (C=O) groups is 2. The molecule has 3 saturated heterocycles. The maximum absolute atomic E-state index is 13.9. The summed E-state index contributed by atoms with van der Waals surface area (Å²) in [5.74, 6) is -1.30. The molecule has 12 atom stereocenters. The molecule has 3 aliphatic heterocycles. The average molecular weight is 1120 g/mol. The van der Waals surface area contributed by atoms with E-state index in [9.17, 15) is 30.0 Å². The molecule has 7 N–H and O–H groups in total. The van der Waals surface area contributed by atoms with Crippen LogP contribution in [-0.4, -0.2) is 132 Å².